The number of hydrogen-bond acceptors (Lipinski definition) is 1. The summed E-state index contributed by atoms with van der Waals surface area (Å²) in [5.41, 5.74) is 7.73. The van der Waals surface area contributed by atoms with Crippen molar-refractivity contribution in [1.29, 1.82) is 0 Å². The van der Waals surface area contributed by atoms with E-state index < -0.39 is 0 Å². The van der Waals surface area contributed by atoms with Gasteiger partial charge in [-0.15, -0.1) is 0 Å². The molecule has 0 aliphatic heterocycles. The van der Waals surface area contributed by atoms with Gasteiger partial charge in [0.1, 0.15) is 0 Å². The first-order chi connectivity index (χ1) is 12.6. The topological polar surface area (TPSA) is 26.0 Å². The predicted molar refractivity (Wildman–Crippen MR) is 120 cm³/mol. The van der Waals surface area contributed by atoms with Gasteiger partial charge in [0.15, 0.2) is 0 Å². The maximum atomic E-state index is 6.45. The fourth-order valence-electron chi connectivity index (χ4n) is 6.20. The average Bonchev–Trinajstić information content (AvgIpc) is 2.59. The fraction of sp³-hybridized carbons (Fsp3) is 0.846. The molecule has 2 fully saturated rings. The van der Waals surface area contributed by atoms with Crippen LogP contribution >= 0.6 is 0 Å². The molecule has 0 aromatic heterocycles. The number of nitrogens with two attached hydrogens (primary N) is 1. The monoisotopic (exact) mass is 373 g/mol. The zero-order valence-electron chi connectivity index (χ0n) is 19.4. The molecule has 1 nitrogen and oxygen atoms in total. The van der Waals surface area contributed by atoms with E-state index in [2.05, 4.69) is 74.1 Å². The van der Waals surface area contributed by atoms with Crippen LogP contribution in [0.4, 0.5) is 0 Å². The minimum atomic E-state index is 0.451. The molecule has 156 valence electrons. The summed E-state index contributed by atoms with van der Waals surface area (Å²) in [4.78, 5) is 0. The lowest BCUT2D eigenvalue weighted by Gasteiger charge is -2.57. The van der Waals surface area contributed by atoms with E-state index in [-0.39, 0.29) is 0 Å². The smallest absolute Gasteiger partial charge is 0.00752 e. The summed E-state index contributed by atoms with van der Waals surface area (Å²) in [7, 11) is 0. The summed E-state index contributed by atoms with van der Waals surface area (Å²) in [6.45, 7) is 23.4. The first kappa shape index (κ1) is 22.7. The first-order valence-corrected chi connectivity index (χ1v) is 11.7. The number of hydrogen-bond donors (Lipinski definition) is 1. The van der Waals surface area contributed by atoms with Crippen molar-refractivity contribution in [3.63, 3.8) is 0 Å². The SMILES string of the molecule is C=C(C=CC(C)C(C)C1CC(C)C1C(C)C1C(N)CC1CC)C(C)C(C)C. The highest BCUT2D eigenvalue weighted by atomic mass is 14.7. The lowest BCUT2D eigenvalue weighted by Crippen LogP contribution is -2.56. The van der Waals surface area contributed by atoms with Crippen LogP contribution in [0.3, 0.4) is 0 Å². The summed E-state index contributed by atoms with van der Waals surface area (Å²) in [5.74, 6) is 7.57. The standard InChI is InChI=1S/C26H47N/c1-10-22-14-24(27)26(22)21(9)25-18(6)13-23(25)20(8)17(5)12-11-16(4)19(7)15(2)3/h11-12,15,17-26H,4,10,13-14,27H2,1-3,5-9H3. The lowest BCUT2D eigenvalue weighted by atomic mass is 9.49. The van der Waals surface area contributed by atoms with Gasteiger partial charge in [-0.1, -0.05) is 86.1 Å². The third-order valence-electron chi connectivity index (χ3n) is 8.85. The highest BCUT2D eigenvalue weighted by molar-refractivity contribution is 5.18. The molecule has 2 N–H and O–H groups in total. The average molecular weight is 374 g/mol. The van der Waals surface area contributed by atoms with Crippen molar-refractivity contribution in [2.75, 3.05) is 0 Å². The number of allylic oxidation sites excluding steroid dienone is 3. The molecule has 27 heavy (non-hydrogen) atoms. The van der Waals surface area contributed by atoms with Crippen molar-refractivity contribution in [3.8, 4) is 0 Å². The van der Waals surface area contributed by atoms with Crippen LogP contribution in [0.15, 0.2) is 24.3 Å². The highest BCUT2D eigenvalue weighted by Crippen LogP contribution is 2.55. The molecule has 1 heteroatoms. The van der Waals surface area contributed by atoms with Gasteiger partial charge in [-0.25, -0.2) is 0 Å². The van der Waals surface area contributed by atoms with Gasteiger partial charge < -0.3 is 5.73 Å². The van der Waals surface area contributed by atoms with Crippen LogP contribution in [0.1, 0.15) is 74.7 Å². The minimum Gasteiger partial charge on any atom is -0.327 e. The maximum absolute atomic E-state index is 6.45. The molecule has 0 radical (unpaired) electrons. The second-order valence-electron chi connectivity index (χ2n) is 10.6. The molecule has 0 bridgehead atoms. The molecule has 2 aliphatic rings. The van der Waals surface area contributed by atoms with Crippen molar-refractivity contribution in [1.82, 2.24) is 0 Å². The molecule has 0 spiro atoms. The van der Waals surface area contributed by atoms with E-state index in [4.69, 9.17) is 5.73 Å². The second kappa shape index (κ2) is 9.29. The van der Waals surface area contributed by atoms with Gasteiger partial charge in [0.05, 0.1) is 0 Å². The molecule has 0 amide bonds. The van der Waals surface area contributed by atoms with Crippen molar-refractivity contribution >= 4 is 0 Å². The quantitative estimate of drug-likeness (QED) is 0.435. The number of rotatable bonds is 9. The molecule has 10 atom stereocenters. The van der Waals surface area contributed by atoms with E-state index in [1.54, 1.807) is 0 Å². The summed E-state index contributed by atoms with van der Waals surface area (Å²) >= 11 is 0. The Morgan fingerprint density at radius 2 is 1.70 bits per heavy atom. The summed E-state index contributed by atoms with van der Waals surface area (Å²) in [5, 5.41) is 0. The molecule has 2 saturated carbocycles. The Labute approximate surface area is 170 Å². The Morgan fingerprint density at radius 1 is 1.07 bits per heavy atom. The van der Waals surface area contributed by atoms with Crippen molar-refractivity contribution in [2.24, 2.45) is 64.9 Å². The first-order valence-electron chi connectivity index (χ1n) is 11.7. The Balaban J connectivity index is 1.98. The van der Waals surface area contributed by atoms with Crippen molar-refractivity contribution in [2.45, 2.75) is 80.7 Å². The van der Waals surface area contributed by atoms with E-state index >= 15 is 0 Å². The lowest BCUT2D eigenvalue weighted by molar-refractivity contribution is -0.0669. The van der Waals surface area contributed by atoms with Crippen molar-refractivity contribution < 1.29 is 0 Å². The van der Waals surface area contributed by atoms with Crippen LogP contribution in [0.2, 0.25) is 0 Å². The Morgan fingerprint density at radius 3 is 2.19 bits per heavy atom. The Bertz CT molecular complexity index is 518. The molecular formula is C26H47N. The largest absolute Gasteiger partial charge is 0.327 e. The summed E-state index contributed by atoms with van der Waals surface area (Å²) in [6.07, 6.45) is 8.69. The minimum absolute atomic E-state index is 0.451. The zero-order chi connectivity index (χ0) is 20.5. The van der Waals surface area contributed by atoms with Gasteiger partial charge in [0.25, 0.3) is 0 Å². The fourth-order valence-corrected chi connectivity index (χ4v) is 6.20. The molecule has 0 aromatic rings. The maximum Gasteiger partial charge on any atom is 0.00752 e. The van der Waals surface area contributed by atoms with Gasteiger partial charge in [-0.3, -0.25) is 0 Å². The Hall–Kier alpha value is -0.560. The zero-order valence-corrected chi connectivity index (χ0v) is 19.4. The predicted octanol–water partition coefficient (Wildman–Crippen LogP) is 6.94. The van der Waals surface area contributed by atoms with E-state index in [1.165, 1.54) is 24.8 Å². The van der Waals surface area contributed by atoms with Crippen LogP contribution in [0.5, 0.6) is 0 Å². The van der Waals surface area contributed by atoms with Gasteiger partial charge in [-0.2, -0.15) is 0 Å². The second-order valence-corrected chi connectivity index (χ2v) is 10.6. The van der Waals surface area contributed by atoms with Crippen LogP contribution in [0, 0.1) is 59.2 Å². The van der Waals surface area contributed by atoms with Gasteiger partial charge in [-0.05, 0) is 72.0 Å². The summed E-state index contributed by atoms with van der Waals surface area (Å²) < 4.78 is 0. The van der Waals surface area contributed by atoms with E-state index in [0.717, 1.165) is 41.4 Å². The Kier molecular flexibility index (Phi) is 7.82. The highest BCUT2D eigenvalue weighted by Gasteiger charge is 2.51. The van der Waals surface area contributed by atoms with Gasteiger partial charge in [0.2, 0.25) is 0 Å². The van der Waals surface area contributed by atoms with Crippen LogP contribution < -0.4 is 5.73 Å². The van der Waals surface area contributed by atoms with E-state index in [1.807, 2.05) is 0 Å². The van der Waals surface area contributed by atoms with Crippen LogP contribution in [-0.4, -0.2) is 6.04 Å². The third kappa shape index (κ3) is 4.72. The molecule has 10 unspecified atom stereocenters. The molecule has 2 rings (SSSR count). The van der Waals surface area contributed by atoms with Crippen LogP contribution in [-0.2, 0) is 0 Å². The molecule has 0 saturated heterocycles. The molecular weight excluding hydrogens is 326 g/mol. The van der Waals surface area contributed by atoms with Crippen molar-refractivity contribution in [3.05, 3.63) is 24.3 Å². The van der Waals surface area contributed by atoms with Crippen LogP contribution in [0.25, 0.3) is 0 Å². The van der Waals surface area contributed by atoms with E-state index in [9.17, 15) is 0 Å². The third-order valence-corrected chi connectivity index (χ3v) is 8.85. The normalized spacial score (nSPS) is 38.1. The molecule has 2 aliphatic carbocycles. The van der Waals surface area contributed by atoms with Gasteiger partial charge >= 0.3 is 0 Å². The molecule has 0 aromatic carbocycles. The molecule has 0 heterocycles. The van der Waals surface area contributed by atoms with Gasteiger partial charge in [0, 0.05) is 6.04 Å². The summed E-state index contributed by atoms with van der Waals surface area (Å²) in [6, 6.07) is 0.451. The van der Waals surface area contributed by atoms with E-state index in [0.29, 0.717) is 23.8 Å².